The lowest BCUT2D eigenvalue weighted by molar-refractivity contribution is -0.138. The topological polar surface area (TPSA) is 30.0 Å². The summed E-state index contributed by atoms with van der Waals surface area (Å²) in [5, 5.41) is -0.285. The first-order chi connectivity index (χ1) is 6.34. The highest BCUT2D eigenvalue weighted by Gasteiger charge is 2.35. The standard InChI is InChI=1S/C8H5ClF3NO/c1-4(14)7-5(8(10,11)12)2-13-3-6(7)9/h2-3H,1H3. The number of hydrogen-bond donors (Lipinski definition) is 0. The number of rotatable bonds is 1. The van der Waals surface area contributed by atoms with Gasteiger partial charge in [-0.3, -0.25) is 9.78 Å². The number of hydrogen-bond acceptors (Lipinski definition) is 2. The molecule has 0 N–H and O–H groups in total. The van der Waals surface area contributed by atoms with Gasteiger partial charge in [0.1, 0.15) is 0 Å². The van der Waals surface area contributed by atoms with Crippen molar-refractivity contribution in [3.05, 3.63) is 28.5 Å². The predicted octanol–water partition coefficient (Wildman–Crippen LogP) is 2.96. The van der Waals surface area contributed by atoms with Crippen molar-refractivity contribution in [2.24, 2.45) is 0 Å². The van der Waals surface area contributed by atoms with Gasteiger partial charge in [-0.15, -0.1) is 0 Å². The summed E-state index contributed by atoms with van der Waals surface area (Å²) in [5.74, 6) is -0.732. The second-order valence-electron chi connectivity index (χ2n) is 2.60. The number of ketones is 1. The molecule has 0 amide bonds. The van der Waals surface area contributed by atoms with Crippen molar-refractivity contribution in [3.8, 4) is 0 Å². The van der Waals surface area contributed by atoms with Crippen LogP contribution in [-0.2, 0) is 6.18 Å². The second-order valence-corrected chi connectivity index (χ2v) is 3.01. The van der Waals surface area contributed by atoms with Crippen LogP contribution in [-0.4, -0.2) is 10.8 Å². The van der Waals surface area contributed by atoms with Crippen molar-refractivity contribution in [1.82, 2.24) is 4.98 Å². The lowest BCUT2D eigenvalue weighted by atomic mass is 10.1. The van der Waals surface area contributed by atoms with Crippen LogP contribution in [0.3, 0.4) is 0 Å². The molecule has 0 radical (unpaired) electrons. The summed E-state index contributed by atoms with van der Waals surface area (Å²) in [6.07, 6.45) is -3.02. The average molecular weight is 224 g/mol. The molecule has 0 atom stereocenters. The van der Waals surface area contributed by atoms with E-state index < -0.39 is 23.1 Å². The van der Waals surface area contributed by atoms with Gasteiger partial charge in [0.05, 0.1) is 16.1 Å². The van der Waals surface area contributed by atoms with Gasteiger partial charge in [0.15, 0.2) is 5.78 Å². The molecule has 0 fully saturated rings. The number of aromatic nitrogens is 1. The van der Waals surface area contributed by atoms with Crippen LogP contribution in [0, 0.1) is 0 Å². The fourth-order valence-electron chi connectivity index (χ4n) is 1.01. The fraction of sp³-hybridized carbons (Fsp3) is 0.250. The van der Waals surface area contributed by atoms with Crippen molar-refractivity contribution in [2.75, 3.05) is 0 Å². The molecule has 0 saturated carbocycles. The van der Waals surface area contributed by atoms with Crippen molar-refractivity contribution in [2.45, 2.75) is 13.1 Å². The quantitative estimate of drug-likeness (QED) is 0.685. The number of carbonyl (C=O) groups excluding carboxylic acids is 1. The van der Waals surface area contributed by atoms with E-state index in [1.54, 1.807) is 0 Å². The summed E-state index contributed by atoms with van der Waals surface area (Å²) < 4.78 is 37.0. The molecule has 0 aliphatic carbocycles. The first-order valence-corrected chi connectivity index (χ1v) is 3.93. The SMILES string of the molecule is CC(=O)c1c(Cl)cncc1C(F)(F)F. The summed E-state index contributed by atoms with van der Waals surface area (Å²) in [6.45, 7) is 1.02. The zero-order chi connectivity index (χ0) is 10.9. The van der Waals surface area contributed by atoms with Gasteiger partial charge in [0, 0.05) is 12.4 Å². The highest BCUT2D eigenvalue weighted by Crippen LogP contribution is 2.34. The highest BCUT2D eigenvalue weighted by atomic mass is 35.5. The van der Waals surface area contributed by atoms with Crippen molar-refractivity contribution in [1.29, 1.82) is 0 Å². The molecule has 0 aromatic carbocycles. The molecule has 0 aliphatic heterocycles. The summed E-state index contributed by atoms with van der Waals surface area (Å²) >= 11 is 5.45. The Morgan fingerprint density at radius 3 is 2.36 bits per heavy atom. The van der Waals surface area contributed by atoms with E-state index in [4.69, 9.17) is 11.6 Å². The molecule has 6 heteroatoms. The molecule has 0 bridgehead atoms. The van der Waals surface area contributed by atoms with E-state index in [1.807, 2.05) is 0 Å². The second kappa shape index (κ2) is 3.57. The smallest absolute Gasteiger partial charge is 0.294 e. The van der Waals surface area contributed by atoms with E-state index in [9.17, 15) is 18.0 Å². The molecule has 2 nitrogen and oxygen atoms in total. The van der Waals surface area contributed by atoms with E-state index in [1.165, 1.54) is 0 Å². The maximum atomic E-state index is 12.3. The van der Waals surface area contributed by atoms with Gasteiger partial charge in [-0.05, 0) is 6.92 Å². The van der Waals surface area contributed by atoms with Crippen LogP contribution in [0.5, 0.6) is 0 Å². The number of pyridine rings is 1. The normalized spacial score (nSPS) is 11.5. The Balaban J connectivity index is 3.44. The Morgan fingerprint density at radius 1 is 1.43 bits per heavy atom. The van der Waals surface area contributed by atoms with Crippen LogP contribution >= 0.6 is 11.6 Å². The summed E-state index contributed by atoms with van der Waals surface area (Å²) in [4.78, 5) is 14.2. The van der Waals surface area contributed by atoms with E-state index in [0.717, 1.165) is 13.1 Å². The van der Waals surface area contributed by atoms with E-state index >= 15 is 0 Å². The van der Waals surface area contributed by atoms with Crippen molar-refractivity contribution < 1.29 is 18.0 Å². The van der Waals surface area contributed by atoms with E-state index in [-0.39, 0.29) is 5.02 Å². The van der Waals surface area contributed by atoms with Crippen LogP contribution in [0.4, 0.5) is 13.2 Å². The van der Waals surface area contributed by atoms with Crippen molar-refractivity contribution >= 4 is 17.4 Å². The van der Waals surface area contributed by atoms with Crippen LogP contribution in [0.25, 0.3) is 0 Å². The lowest BCUT2D eigenvalue weighted by Crippen LogP contribution is -2.12. The molecular weight excluding hydrogens is 219 g/mol. The molecule has 1 rings (SSSR count). The molecule has 0 saturated heterocycles. The minimum atomic E-state index is -4.61. The first-order valence-electron chi connectivity index (χ1n) is 3.55. The molecule has 1 aromatic heterocycles. The number of halogens is 4. The van der Waals surface area contributed by atoms with Gasteiger partial charge in [0.2, 0.25) is 0 Å². The average Bonchev–Trinajstić information content (AvgIpc) is 2.01. The third-order valence-electron chi connectivity index (χ3n) is 1.56. The van der Waals surface area contributed by atoms with Gasteiger partial charge in [0.25, 0.3) is 0 Å². The molecule has 1 aromatic rings. The predicted molar refractivity (Wildman–Crippen MR) is 44.3 cm³/mol. The molecular formula is C8H5ClF3NO. The van der Waals surface area contributed by atoms with Gasteiger partial charge in [-0.25, -0.2) is 0 Å². The Kier molecular flexibility index (Phi) is 2.80. The monoisotopic (exact) mass is 223 g/mol. The van der Waals surface area contributed by atoms with E-state index in [2.05, 4.69) is 4.98 Å². The number of nitrogens with zero attached hydrogens (tertiary/aromatic N) is 1. The Morgan fingerprint density at radius 2 is 2.00 bits per heavy atom. The maximum Gasteiger partial charge on any atom is 0.418 e. The third-order valence-corrected chi connectivity index (χ3v) is 1.84. The van der Waals surface area contributed by atoms with Crippen LogP contribution in [0.1, 0.15) is 22.8 Å². The van der Waals surface area contributed by atoms with Crippen molar-refractivity contribution in [3.63, 3.8) is 0 Å². The lowest BCUT2D eigenvalue weighted by Gasteiger charge is -2.10. The minimum Gasteiger partial charge on any atom is -0.294 e. The molecule has 76 valence electrons. The van der Waals surface area contributed by atoms with Crippen LogP contribution in [0.15, 0.2) is 12.4 Å². The van der Waals surface area contributed by atoms with Gasteiger partial charge < -0.3 is 0 Å². The Hall–Kier alpha value is -1.10. The highest BCUT2D eigenvalue weighted by molar-refractivity contribution is 6.33. The third kappa shape index (κ3) is 2.04. The minimum absolute atomic E-state index is 0.285. The molecule has 14 heavy (non-hydrogen) atoms. The van der Waals surface area contributed by atoms with Crippen LogP contribution < -0.4 is 0 Å². The van der Waals surface area contributed by atoms with Gasteiger partial charge >= 0.3 is 6.18 Å². The van der Waals surface area contributed by atoms with Crippen LogP contribution in [0.2, 0.25) is 5.02 Å². The van der Waals surface area contributed by atoms with Gasteiger partial charge in [-0.2, -0.15) is 13.2 Å². The summed E-state index contributed by atoms with van der Waals surface area (Å²) in [5.41, 5.74) is -1.63. The maximum absolute atomic E-state index is 12.3. The zero-order valence-corrected chi connectivity index (χ0v) is 7.78. The zero-order valence-electron chi connectivity index (χ0n) is 7.02. The fourth-order valence-corrected chi connectivity index (χ4v) is 1.30. The molecule has 0 aliphatic rings. The number of Topliss-reactive ketones (excluding diaryl/α,β-unsaturated/α-hetero) is 1. The molecule has 1 heterocycles. The summed E-state index contributed by atoms with van der Waals surface area (Å²) in [7, 11) is 0. The number of alkyl halides is 3. The molecule has 0 unspecified atom stereocenters. The first kappa shape index (κ1) is 11.0. The number of carbonyl (C=O) groups is 1. The molecule has 0 spiro atoms. The van der Waals surface area contributed by atoms with E-state index in [0.29, 0.717) is 6.20 Å². The largest absolute Gasteiger partial charge is 0.418 e. The van der Waals surface area contributed by atoms with Gasteiger partial charge in [-0.1, -0.05) is 11.6 Å². The summed E-state index contributed by atoms with van der Waals surface area (Å²) in [6, 6.07) is 0. The Labute approximate surface area is 82.7 Å². The Bertz CT molecular complexity index is 375.